The number of benzene rings is 1. The van der Waals surface area contributed by atoms with Gasteiger partial charge in [0.2, 0.25) is 0 Å². The first-order valence-electron chi connectivity index (χ1n) is 6.50. The summed E-state index contributed by atoms with van der Waals surface area (Å²) >= 11 is 6.08. The van der Waals surface area contributed by atoms with E-state index in [0.29, 0.717) is 17.1 Å². The minimum absolute atomic E-state index is 0.0185. The Morgan fingerprint density at radius 2 is 2.05 bits per heavy atom. The van der Waals surface area contributed by atoms with E-state index in [1.807, 2.05) is 4.90 Å². The van der Waals surface area contributed by atoms with Crippen LogP contribution in [0.5, 0.6) is 5.75 Å². The van der Waals surface area contributed by atoms with Gasteiger partial charge in [-0.2, -0.15) is 0 Å². The first kappa shape index (κ1) is 14.2. The van der Waals surface area contributed by atoms with Crippen LogP contribution in [0.15, 0.2) is 18.2 Å². The van der Waals surface area contributed by atoms with Gasteiger partial charge in [-0.3, -0.25) is 9.69 Å². The maximum absolute atomic E-state index is 11.0. The molecule has 4 nitrogen and oxygen atoms in total. The number of halogens is 1. The van der Waals surface area contributed by atoms with E-state index >= 15 is 0 Å². The molecule has 0 saturated heterocycles. The molecule has 0 aromatic heterocycles. The minimum Gasteiger partial charge on any atom is -0.508 e. The summed E-state index contributed by atoms with van der Waals surface area (Å²) in [5.74, 6) is -0.723. The van der Waals surface area contributed by atoms with Crippen LogP contribution >= 0.6 is 11.6 Å². The van der Waals surface area contributed by atoms with Crippen LogP contribution in [-0.4, -0.2) is 33.7 Å². The van der Waals surface area contributed by atoms with Crippen LogP contribution in [0.25, 0.3) is 0 Å². The van der Waals surface area contributed by atoms with E-state index in [2.05, 4.69) is 0 Å². The highest BCUT2D eigenvalue weighted by molar-refractivity contribution is 6.31. The van der Waals surface area contributed by atoms with Crippen molar-refractivity contribution in [3.05, 3.63) is 28.8 Å². The summed E-state index contributed by atoms with van der Waals surface area (Å²) < 4.78 is 0. The highest BCUT2D eigenvalue weighted by Crippen LogP contribution is 2.30. The van der Waals surface area contributed by atoms with Gasteiger partial charge >= 0.3 is 5.97 Å². The smallest absolute Gasteiger partial charge is 0.317 e. The van der Waals surface area contributed by atoms with Gasteiger partial charge in [-0.1, -0.05) is 30.5 Å². The van der Waals surface area contributed by atoms with E-state index in [1.54, 1.807) is 18.2 Å². The van der Waals surface area contributed by atoms with Gasteiger partial charge in [0.05, 0.1) is 6.54 Å². The van der Waals surface area contributed by atoms with Gasteiger partial charge in [-0.15, -0.1) is 0 Å². The van der Waals surface area contributed by atoms with E-state index in [0.717, 1.165) is 25.7 Å². The van der Waals surface area contributed by atoms with Crippen molar-refractivity contribution in [3.63, 3.8) is 0 Å². The molecule has 1 aromatic carbocycles. The molecule has 0 aliphatic heterocycles. The van der Waals surface area contributed by atoms with Crippen LogP contribution in [-0.2, 0) is 11.3 Å². The number of phenolic OH excluding ortho intramolecular Hbond substituents is 1. The molecule has 1 fully saturated rings. The highest BCUT2D eigenvalue weighted by atomic mass is 35.5. The zero-order chi connectivity index (χ0) is 13.8. The average Bonchev–Trinajstić information content (AvgIpc) is 2.85. The molecule has 1 aliphatic carbocycles. The van der Waals surface area contributed by atoms with Gasteiger partial charge in [-0.05, 0) is 25.0 Å². The van der Waals surface area contributed by atoms with Crippen molar-refractivity contribution >= 4 is 17.6 Å². The van der Waals surface area contributed by atoms with Crippen molar-refractivity contribution in [2.45, 2.75) is 38.3 Å². The Bertz CT molecular complexity index is 438. The lowest BCUT2D eigenvalue weighted by Gasteiger charge is -2.27. The monoisotopic (exact) mass is 283 g/mol. The Balaban J connectivity index is 2.17. The number of carboxylic acids is 1. The fourth-order valence-corrected chi connectivity index (χ4v) is 2.89. The average molecular weight is 284 g/mol. The number of aromatic hydroxyl groups is 1. The fraction of sp³-hybridized carbons (Fsp3) is 0.500. The standard InChI is InChI=1S/C14H18ClNO3/c15-12-6-3-7-13(17)11(12)8-16(9-14(18)19)10-4-1-2-5-10/h3,6-7,10,17H,1-2,4-5,8-9H2,(H,18,19). The van der Waals surface area contributed by atoms with Crippen molar-refractivity contribution in [1.82, 2.24) is 4.90 Å². The fourth-order valence-electron chi connectivity index (χ4n) is 2.66. The summed E-state index contributed by atoms with van der Waals surface area (Å²) in [4.78, 5) is 12.9. The Hall–Kier alpha value is -1.26. The van der Waals surface area contributed by atoms with E-state index in [-0.39, 0.29) is 18.3 Å². The number of carbonyl (C=O) groups is 1. The number of rotatable bonds is 5. The van der Waals surface area contributed by atoms with E-state index in [1.165, 1.54) is 0 Å². The summed E-state index contributed by atoms with van der Waals surface area (Å²) in [6.07, 6.45) is 4.29. The maximum Gasteiger partial charge on any atom is 0.317 e. The number of aliphatic carboxylic acids is 1. The molecule has 0 bridgehead atoms. The zero-order valence-electron chi connectivity index (χ0n) is 10.7. The third-order valence-corrected chi connectivity index (χ3v) is 3.99. The second kappa shape index (κ2) is 6.26. The zero-order valence-corrected chi connectivity index (χ0v) is 11.4. The Morgan fingerprint density at radius 1 is 1.37 bits per heavy atom. The number of hydrogen-bond acceptors (Lipinski definition) is 3. The molecule has 1 saturated carbocycles. The Morgan fingerprint density at radius 3 is 2.63 bits per heavy atom. The largest absolute Gasteiger partial charge is 0.508 e. The number of carboxylic acid groups (broad SMARTS) is 1. The lowest BCUT2D eigenvalue weighted by Crippen LogP contribution is -2.37. The van der Waals surface area contributed by atoms with E-state index in [9.17, 15) is 9.90 Å². The molecule has 0 radical (unpaired) electrons. The third-order valence-electron chi connectivity index (χ3n) is 3.63. The van der Waals surface area contributed by atoms with E-state index < -0.39 is 5.97 Å². The predicted molar refractivity (Wildman–Crippen MR) is 73.4 cm³/mol. The Kier molecular flexibility index (Phi) is 4.66. The van der Waals surface area contributed by atoms with Crippen molar-refractivity contribution in [2.24, 2.45) is 0 Å². The van der Waals surface area contributed by atoms with Crippen molar-refractivity contribution in [3.8, 4) is 5.75 Å². The summed E-state index contributed by atoms with van der Waals surface area (Å²) in [5, 5.41) is 19.4. The van der Waals surface area contributed by atoms with E-state index in [4.69, 9.17) is 16.7 Å². The molecular formula is C14H18ClNO3. The molecule has 0 atom stereocenters. The van der Waals surface area contributed by atoms with Crippen LogP contribution in [0.3, 0.4) is 0 Å². The van der Waals surface area contributed by atoms with Crippen LogP contribution in [0.4, 0.5) is 0 Å². The van der Waals surface area contributed by atoms with Gasteiger partial charge in [0.1, 0.15) is 5.75 Å². The third kappa shape index (κ3) is 3.61. The molecule has 0 heterocycles. The van der Waals surface area contributed by atoms with Crippen LogP contribution in [0.1, 0.15) is 31.2 Å². The number of hydrogen-bond donors (Lipinski definition) is 2. The van der Waals surface area contributed by atoms with Gasteiger partial charge in [0.25, 0.3) is 0 Å². The predicted octanol–water partition coefficient (Wildman–Crippen LogP) is 2.87. The lowest BCUT2D eigenvalue weighted by atomic mass is 10.1. The molecule has 0 spiro atoms. The maximum atomic E-state index is 11.0. The summed E-state index contributed by atoms with van der Waals surface area (Å²) in [6, 6.07) is 5.24. The molecule has 5 heteroatoms. The quantitative estimate of drug-likeness (QED) is 0.872. The summed E-state index contributed by atoms with van der Waals surface area (Å²) in [5.41, 5.74) is 0.609. The molecule has 1 aliphatic rings. The minimum atomic E-state index is -0.849. The summed E-state index contributed by atoms with van der Waals surface area (Å²) in [6.45, 7) is 0.359. The topological polar surface area (TPSA) is 60.8 Å². The molecule has 2 rings (SSSR count). The molecule has 2 N–H and O–H groups in total. The molecule has 0 amide bonds. The molecule has 0 unspecified atom stereocenters. The summed E-state index contributed by atoms with van der Waals surface area (Å²) in [7, 11) is 0. The van der Waals surface area contributed by atoms with Crippen molar-refractivity contribution < 1.29 is 15.0 Å². The number of phenols is 1. The molecule has 104 valence electrons. The van der Waals surface area contributed by atoms with Crippen LogP contribution < -0.4 is 0 Å². The van der Waals surface area contributed by atoms with Crippen LogP contribution in [0, 0.1) is 0 Å². The number of nitrogens with zero attached hydrogens (tertiary/aromatic N) is 1. The Labute approximate surface area is 117 Å². The first-order chi connectivity index (χ1) is 9.08. The van der Waals surface area contributed by atoms with Gasteiger partial charge in [-0.25, -0.2) is 0 Å². The lowest BCUT2D eigenvalue weighted by molar-refractivity contribution is -0.139. The second-order valence-electron chi connectivity index (χ2n) is 4.97. The molecular weight excluding hydrogens is 266 g/mol. The van der Waals surface area contributed by atoms with Crippen molar-refractivity contribution in [1.29, 1.82) is 0 Å². The van der Waals surface area contributed by atoms with Gasteiger partial charge in [0.15, 0.2) is 0 Å². The SMILES string of the molecule is O=C(O)CN(Cc1c(O)cccc1Cl)C1CCCC1. The first-order valence-corrected chi connectivity index (χ1v) is 6.88. The van der Waals surface area contributed by atoms with Gasteiger partial charge < -0.3 is 10.2 Å². The second-order valence-corrected chi connectivity index (χ2v) is 5.38. The molecule has 1 aromatic rings. The highest BCUT2D eigenvalue weighted by Gasteiger charge is 2.25. The molecule has 19 heavy (non-hydrogen) atoms. The van der Waals surface area contributed by atoms with Gasteiger partial charge in [0, 0.05) is 23.2 Å². The van der Waals surface area contributed by atoms with Crippen LogP contribution in [0.2, 0.25) is 5.02 Å². The van der Waals surface area contributed by atoms with Crippen molar-refractivity contribution in [2.75, 3.05) is 6.54 Å². The normalized spacial score (nSPS) is 16.1.